The number of aliphatic carboxylic acids is 3. The van der Waals surface area contributed by atoms with Gasteiger partial charge in [0.1, 0.15) is 36.3 Å². The van der Waals surface area contributed by atoms with Gasteiger partial charge in [-0.2, -0.15) is 11.8 Å². The van der Waals surface area contributed by atoms with Crippen molar-refractivity contribution in [2.24, 2.45) is 17.6 Å². The number of amides is 7. The van der Waals surface area contributed by atoms with Crippen molar-refractivity contribution < 1.29 is 63.3 Å². The second kappa shape index (κ2) is 25.1. The van der Waals surface area contributed by atoms with E-state index in [-0.39, 0.29) is 12.8 Å². The molecule has 306 valence electrons. The van der Waals surface area contributed by atoms with Crippen LogP contribution in [0.25, 0.3) is 0 Å². The number of carboxylic acid groups (broad SMARTS) is 3. The first-order valence-corrected chi connectivity index (χ1v) is 18.8. The molecule has 0 aromatic heterocycles. The van der Waals surface area contributed by atoms with Gasteiger partial charge in [-0.1, -0.05) is 40.5 Å². The summed E-state index contributed by atoms with van der Waals surface area (Å²) < 4.78 is 0. The monoisotopic (exact) mass is 789 g/mol. The van der Waals surface area contributed by atoms with Crippen molar-refractivity contribution >= 4 is 71.0 Å². The fourth-order valence-electron chi connectivity index (χ4n) is 4.93. The summed E-state index contributed by atoms with van der Waals surface area (Å²) in [7, 11) is 0. The predicted molar refractivity (Wildman–Crippen MR) is 194 cm³/mol. The summed E-state index contributed by atoms with van der Waals surface area (Å²) in [6.45, 7) is 7.84. The number of carboxylic acids is 3. The highest BCUT2D eigenvalue weighted by molar-refractivity contribution is 7.98. The Morgan fingerprint density at radius 3 is 1.31 bits per heavy atom. The van der Waals surface area contributed by atoms with E-state index in [1.54, 1.807) is 34.0 Å². The first-order valence-electron chi connectivity index (χ1n) is 17.4. The number of primary amides is 1. The maximum absolute atomic E-state index is 13.8. The van der Waals surface area contributed by atoms with E-state index >= 15 is 0 Å². The van der Waals surface area contributed by atoms with Crippen molar-refractivity contribution in [2.45, 2.75) is 122 Å². The van der Waals surface area contributed by atoms with Crippen LogP contribution in [0.2, 0.25) is 0 Å². The largest absolute Gasteiger partial charge is 0.481 e. The summed E-state index contributed by atoms with van der Waals surface area (Å²) in [6, 6.07) is -8.32. The molecule has 0 heterocycles. The zero-order valence-electron chi connectivity index (χ0n) is 31.4. The van der Waals surface area contributed by atoms with Crippen LogP contribution in [0, 0.1) is 11.8 Å². The van der Waals surface area contributed by atoms with Crippen LogP contribution in [-0.4, -0.2) is 123 Å². The summed E-state index contributed by atoms with van der Waals surface area (Å²) in [4.78, 5) is 124. The minimum absolute atomic E-state index is 0.0621. The molecule has 21 heteroatoms. The fourth-order valence-corrected chi connectivity index (χ4v) is 5.40. The molecule has 0 saturated heterocycles. The molecule has 11 N–H and O–H groups in total. The van der Waals surface area contributed by atoms with E-state index in [0.717, 1.165) is 6.92 Å². The predicted octanol–water partition coefficient (Wildman–Crippen LogP) is -1.55. The molecule has 8 atom stereocenters. The highest BCUT2D eigenvalue weighted by Gasteiger charge is 2.36. The van der Waals surface area contributed by atoms with Gasteiger partial charge in [0.2, 0.25) is 41.4 Å². The SMILES string of the molecule is CC[C@H](C)[C@H](NC(=O)[C@H](CCC(=O)O)NC(=O)[C@H](CCC(=O)O)NC(C)=O)C(=O)N[C@H](C(=O)N[C@@H](CCSC)C(=O)N[C@@H](CC(=O)O)C(N)=O)[C@@H](C)CC. The van der Waals surface area contributed by atoms with Crippen LogP contribution in [0.3, 0.4) is 0 Å². The van der Waals surface area contributed by atoms with E-state index in [9.17, 15) is 53.1 Å². The Hall–Kier alpha value is -4.95. The number of nitrogens with two attached hydrogens (primary N) is 1. The van der Waals surface area contributed by atoms with Crippen molar-refractivity contribution in [3.05, 3.63) is 0 Å². The molecule has 0 rings (SSSR count). The van der Waals surface area contributed by atoms with Gasteiger partial charge in [-0.15, -0.1) is 0 Å². The standard InChI is InChI=1S/C33H55N7O13S/c1-7-16(3)26(32(52)37-21(13-14-54-6)30(50)38-22(28(34)48)15-25(46)47)40-33(53)27(17(4)8-2)39-31(51)20(10-12-24(44)45)36-29(49)19(35-18(5)41)9-11-23(42)43/h16-17,19-22,26-27H,7-15H2,1-6H3,(H2,34,48)(H,35,41)(H,36,49)(H,37,52)(H,38,50)(H,39,51)(H,40,53)(H,42,43)(H,44,45)(H,46,47)/t16-,17-,19-,20-,21-,22-,26-,27-/m0/s1. The first-order chi connectivity index (χ1) is 25.2. The Labute approximate surface area is 317 Å². The molecule has 54 heavy (non-hydrogen) atoms. The quantitative estimate of drug-likeness (QED) is 0.0451. The molecule has 0 spiro atoms. The average Bonchev–Trinajstić information content (AvgIpc) is 3.09. The van der Waals surface area contributed by atoms with E-state index < -0.39 is 133 Å². The molecule has 0 unspecified atom stereocenters. The van der Waals surface area contributed by atoms with E-state index in [0.29, 0.717) is 18.6 Å². The molecule has 20 nitrogen and oxygen atoms in total. The van der Waals surface area contributed by atoms with Gasteiger partial charge in [-0.25, -0.2) is 0 Å². The van der Waals surface area contributed by atoms with Gasteiger partial charge in [0, 0.05) is 19.8 Å². The molecule has 0 aromatic carbocycles. The number of hydrogen-bond acceptors (Lipinski definition) is 11. The third-order valence-electron chi connectivity index (χ3n) is 8.49. The lowest BCUT2D eigenvalue weighted by molar-refractivity contribution is -0.141. The number of thioether (sulfide) groups is 1. The van der Waals surface area contributed by atoms with Gasteiger partial charge in [-0.05, 0) is 43.1 Å². The van der Waals surface area contributed by atoms with E-state index in [1.807, 2.05) is 0 Å². The normalized spacial score (nSPS) is 15.3. The van der Waals surface area contributed by atoms with Gasteiger partial charge in [0.25, 0.3) is 0 Å². The lowest BCUT2D eigenvalue weighted by Gasteiger charge is -2.31. The molecule has 0 aliphatic rings. The van der Waals surface area contributed by atoms with Gasteiger partial charge in [0.05, 0.1) is 6.42 Å². The molecule has 7 amide bonds. The first kappa shape index (κ1) is 49.0. The Morgan fingerprint density at radius 2 is 0.926 bits per heavy atom. The van der Waals surface area contributed by atoms with E-state index in [4.69, 9.17) is 15.9 Å². The van der Waals surface area contributed by atoms with Gasteiger partial charge >= 0.3 is 17.9 Å². The number of nitrogens with one attached hydrogen (secondary N) is 6. The number of carbonyl (C=O) groups excluding carboxylic acids is 7. The van der Waals surface area contributed by atoms with Crippen molar-refractivity contribution in [1.82, 2.24) is 31.9 Å². The number of rotatable bonds is 27. The van der Waals surface area contributed by atoms with Crippen LogP contribution in [0.1, 0.15) is 86.0 Å². The Kier molecular flexibility index (Phi) is 22.8. The molecule has 0 bridgehead atoms. The molecule has 0 aromatic rings. The lowest BCUT2D eigenvalue weighted by Crippen LogP contribution is -2.61. The Balaban J connectivity index is 6.38. The highest BCUT2D eigenvalue weighted by Crippen LogP contribution is 2.14. The molecular formula is C33H55N7O13S. The van der Waals surface area contributed by atoms with E-state index in [2.05, 4.69) is 31.9 Å². The van der Waals surface area contributed by atoms with Crippen LogP contribution in [0.4, 0.5) is 0 Å². The average molecular weight is 790 g/mol. The Morgan fingerprint density at radius 1 is 0.556 bits per heavy atom. The van der Waals surface area contributed by atoms with Crippen molar-refractivity contribution in [1.29, 1.82) is 0 Å². The molecule has 0 radical (unpaired) electrons. The third-order valence-corrected chi connectivity index (χ3v) is 9.13. The summed E-state index contributed by atoms with van der Waals surface area (Å²) in [5.74, 6) is -10.9. The molecule has 0 aliphatic carbocycles. The Bertz CT molecular complexity index is 1370. The van der Waals surface area contributed by atoms with Crippen molar-refractivity contribution in [2.75, 3.05) is 12.0 Å². The molecule has 0 fully saturated rings. The second-order valence-electron chi connectivity index (χ2n) is 12.8. The fraction of sp³-hybridized carbons (Fsp3) is 0.697. The summed E-state index contributed by atoms with van der Waals surface area (Å²) in [5, 5.41) is 42.1. The van der Waals surface area contributed by atoms with Crippen molar-refractivity contribution in [3.63, 3.8) is 0 Å². The van der Waals surface area contributed by atoms with Crippen LogP contribution in [-0.2, 0) is 47.9 Å². The van der Waals surface area contributed by atoms with Crippen LogP contribution in [0.15, 0.2) is 0 Å². The highest BCUT2D eigenvalue weighted by atomic mass is 32.2. The maximum atomic E-state index is 13.8. The minimum Gasteiger partial charge on any atom is -0.481 e. The summed E-state index contributed by atoms with van der Waals surface area (Å²) >= 11 is 1.35. The summed E-state index contributed by atoms with van der Waals surface area (Å²) in [5.41, 5.74) is 5.25. The van der Waals surface area contributed by atoms with Crippen LogP contribution >= 0.6 is 11.8 Å². The third kappa shape index (κ3) is 18.7. The van der Waals surface area contributed by atoms with Gasteiger partial charge in [-0.3, -0.25) is 47.9 Å². The molecule has 0 saturated carbocycles. The van der Waals surface area contributed by atoms with E-state index in [1.165, 1.54) is 11.8 Å². The molecular weight excluding hydrogens is 734 g/mol. The number of carbonyl (C=O) groups is 10. The summed E-state index contributed by atoms with van der Waals surface area (Å²) in [6.07, 6.45) is -0.150. The maximum Gasteiger partial charge on any atom is 0.305 e. The smallest absolute Gasteiger partial charge is 0.305 e. The molecule has 0 aliphatic heterocycles. The van der Waals surface area contributed by atoms with Gasteiger partial charge in [0.15, 0.2) is 0 Å². The topological polar surface area (TPSA) is 330 Å². The lowest BCUT2D eigenvalue weighted by atomic mass is 9.94. The minimum atomic E-state index is -1.56. The van der Waals surface area contributed by atoms with Gasteiger partial charge < -0.3 is 53.0 Å². The van der Waals surface area contributed by atoms with Crippen LogP contribution < -0.4 is 37.6 Å². The van der Waals surface area contributed by atoms with Crippen molar-refractivity contribution in [3.8, 4) is 0 Å². The number of hydrogen-bond donors (Lipinski definition) is 10. The zero-order valence-corrected chi connectivity index (χ0v) is 32.2. The van der Waals surface area contributed by atoms with Crippen LogP contribution in [0.5, 0.6) is 0 Å². The zero-order chi connectivity index (χ0) is 41.7. The second-order valence-corrected chi connectivity index (χ2v) is 13.8.